The molecule has 1 aliphatic rings. The molecule has 21 heavy (non-hydrogen) atoms. The average molecular weight is 311 g/mol. The first-order valence-electron chi connectivity index (χ1n) is 7.15. The minimum absolute atomic E-state index is 0.236. The lowest BCUT2D eigenvalue weighted by molar-refractivity contribution is 0.251. The van der Waals surface area contributed by atoms with Gasteiger partial charge in [0, 0.05) is 24.8 Å². The Morgan fingerprint density at radius 1 is 1.19 bits per heavy atom. The van der Waals surface area contributed by atoms with Gasteiger partial charge in [0.15, 0.2) is 0 Å². The quantitative estimate of drug-likeness (QED) is 0.843. The molecule has 6 nitrogen and oxygen atoms in total. The van der Waals surface area contributed by atoms with Gasteiger partial charge < -0.3 is 10.6 Å². The third-order valence-corrected chi connectivity index (χ3v) is 5.43. The lowest BCUT2D eigenvalue weighted by Crippen LogP contribution is -2.31. The van der Waals surface area contributed by atoms with Gasteiger partial charge in [-0.3, -0.25) is 0 Å². The number of benzene rings is 1. The molecule has 1 aromatic carbocycles. The maximum Gasteiger partial charge on any atom is 0.319 e. The lowest BCUT2D eigenvalue weighted by Gasteiger charge is -2.18. The van der Waals surface area contributed by atoms with Crippen molar-refractivity contribution >= 4 is 21.7 Å². The van der Waals surface area contributed by atoms with Crippen molar-refractivity contribution in [3.8, 4) is 0 Å². The average Bonchev–Trinajstić information content (AvgIpc) is 3.24. The first-order chi connectivity index (χ1) is 9.97. The van der Waals surface area contributed by atoms with Gasteiger partial charge >= 0.3 is 6.03 Å². The summed E-state index contributed by atoms with van der Waals surface area (Å²) < 4.78 is 26.0. The molecule has 0 saturated heterocycles. The third-order valence-electron chi connectivity index (χ3n) is 3.37. The van der Waals surface area contributed by atoms with Crippen LogP contribution in [0.4, 0.5) is 10.5 Å². The van der Waals surface area contributed by atoms with Crippen LogP contribution in [0.3, 0.4) is 0 Å². The second kappa shape index (κ2) is 6.44. The second-order valence-electron chi connectivity index (χ2n) is 4.99. The summed E-state index contributed by atoms with van der Waals surface area (Å²) in [7, 11) is -3.45. The van der Waals surface area contributed by atoms with E-state index in [1.165, 1.54) is 16.4 Å². The molecule has 7 heteroatoms. The summed E-state index contributed by atoms with van der Waals surface area (Å²) in [4.78, 5) is 11.8. The largest absolute Gasteiger partial charge is 0.335 e. The van der Waals surface area contributed by atoms with Gasteiger partial charge in [-0.15, -0.1) is 0 Å². The van der Waals surface area contributed by atoms with Crippen LogP contribution in [0.2, 0.25) is 0 Å². The molecule has 2 amide bonds. The number of sulfonamides is 1. The number of amides is 2. The highest BCUT2D eigenvalue weighted by Gasteiger charge is 2.23. The molecular weight excluding hydrogens is 290 g/mol. The van der Waals surface area contributed by atoms with E-state index >= 15 is 0 Å². The number of urea groups is 1. The summed E-state index contributed by atoms with van der Waals surface area (Å²) in [6, 6.07) is 6.26. The van der Waals surface area contributed by atoms with E-state index in [0.717, 1.165) is 12.8 Å². The summed E-state index contributed by atoms with van der Waals surface area (Å²) in [5.41, 5.74) is 0.576. The van der Waals surface area contributed by atoms with Crippen molar-refractivity contribution in [1.82, 2.24) is 9.62 Å². The van der Waals surface area contributed by atoms with Gasteiger partial charge in [-0.05, 0) is 37.1 Å². The molecule has 1 saturated carbocycles. The number of hydrogen-bond acceptors (Lipinski definition) is 3. The highest BCUT2D eigenvalue weighted by atomic mass is 32.2. The fraction of sp³-hybridized carbons (Fsp3) is 0.500. The standard InChI is InChI=1S/C14H21N3O3S/c1-3-17(4-2)21(19,20)13-9-7-12(8-10-13)16-14(18)15-11-5-6-11/h7-11H,3-6H2,1-2H3,(H2,15,16,18). The van der Waals surface area contributed by atoms with Crippen LogP contribution in [0.5, 0.6) is 0 Å². The maximum atomic E-state index is 12.3. The van der Waals surface area contributed by atoms with E-state index in [4.69, 9.17) is 0 Å². The normalized spacial score (nSPS) is 15.0. The van der Waals surface area contributed by atoms with Crippen LogP contribution in [-0.4, -0.2) is 37.9 Å². The van der Waals surface area contributed by atoms with Crippen molar-refractivity contribution in [2.24, 2.45) is 0 Å². The van der Waals surface area contributed by atoms with Crippen LogP contribution < -0.4 is 10.6 Å². The Morgan fingerprint density at radius 3 is 2.24 bits per heavy atom. The van der Waals surface area contributed by atoms with E-state index in [9.17, 15) is 13.2 Å². The predicted molar refractivity (Wildman–Crippen MR) is 81.7 cm³/mol. The molecule has 0 unspecified atom stereocenters. The van der Waals surface area contributed by atoms with Crippen molar-refractivity contribution in [3.05, 3.63) is 24.3 Å². The molecule has 116 valence electrons. The van der Waals surface area contributed by atoms with E-state index in [-0.39, 0.29) is 17.0 Å². The molecule has 0 heterocycles. The maximum absolute atomic E-state index is 12.3. The summed E-state index contributed by atoms with van der Waals surface area (Å²) in [6.07, 6.45) is 2.04. The fourth-order valence-electron chi connectivity index (χ4n) is 2.00. The highest BCUT2D eigenvalue weighted by molar-refractivity contribution is 7.89. The summed E-state index contributed by atoms with van der Waals surface area (Å²) >= 11 is 0. The second-order valence-corrected chi connectivity index (χ2v) is 6.92. The first kappa shape index (κ1) is 15.8. The Morgan fingerprint density at radius 2 is 1.76 bits per heavy atom. The van der Waals surface area contributed by atoms with Crippen molar-refractivity contribution in [1.29, 1.82) is 0 Å². The minimum Gasteiger partial charge on any atom is -0.335 e. The molecule has 1 aliphatic carbocycles. The van der Waals surface area contributed by atoms with Gasteiger partial charge in [0.2, 0.25) is 10.0 Å². The first-order valence-corrected chi connectivity index (χ1v) is 8.59. The molecule has 1 aromatic rings. The van der Waals surface area contributed by atoms with E-state index in [1.807, 2.05) is 0 Å². The number of nitrogens with one attached hydrogen (secondary N) is 2. The Hall–Kier alpha value is -1.60. The fourth-order valence-corrected chi connectivity index (χ4v) is 3.46. The monoisotopic (exact) mass is 311 g/mol. The van der Waals surface area contributed by atoms with Crippen LogP contribution >= 0.6 is 0 Å². The lowest BCUT2D eigenvalue weighted by atomic mass is 10.3. The van der Waals surface area contributed by atoms with Crippen LogP contribution in [0.15, 0.2) is 29.2 Å². The summed E-state index contributed by atoms with van der Waals surface area (Å²) in [5.74, 6) is 0. The molecule has 0 radical (unpaired) electrons. The molecule has 1 fully saturated rings. The summed E-state index contributed by atoms with van der Waals surface area (Å²) in [6.45, 7) is 4.48. The number of carbonyl (C=O) groups is 1. The molecule has 2 N–H and O–H groups in total. The van der Waals surface area contributed by atoms with Gasteiger partial charge in [-0.25, -0.2) is 13.2 Å². The van der Waals surface area contributed by atoms with E-state index in [1.54, 1.807) is 26.0 Å². The van der Waals surface area contributed by atoms with Crippen molar-refractivity contribution in [2.75, 3.05) is 18.4 Å². The Bertz CT molecular complexity index is 590. The zero-order chi connectivity index (χ0) is 15.5. The molecule has 0 bridgehead atoms. The highest BCUT2D eigenvalue weighted by Crippen LogP contribution is 2.20. The number of hydrogen-bond donors (Lipinski definition) is 2. The van der Waals surface area contributed by atoms with Crippen LogP contribution in [0.25, 0.3) is 0 Å². The van der Waals surface area contributed by atoms with Gasteiger partial charge in [0.1, 0.15) is 0 Å². The van der Waals surface area contributed by atoms with Gasteiger partial charge in [0.05, 0.1) is 4.90 Å². The molecule has 0 atom stereocenters. The summed E-state index contributed by atoms with van der Waals surface area (Å²) in [5, 5.41) is 5.50. The number of carbonyl (C=O) groups excluding carboxylic acids is 1. The molecule has 0 aromatic heterocycles. The van der Waals surface area contributed by atoms with Gasteiger partial charge in [-0.1, -0.05) is 13.8 Å². The smallest absolute Gasteiger partial charge is 0.319 e. The molecule has 0 spiro atoms. The van der Waals surface area contributed by atoms with Crippen LogP contribution in [0.1, 0.15) is 26.7 Å². The zero-order valence-electron chi connectivity index (χ0n) is 12.3. The predicted octanol–water partition coefficient (Wildman–Crippen LogP) is 2.00. The zero-order valence-corrected chi connectivity index (χ0v) is 13.1. The Kier molecular flexibility index (Phi) is 4.84. The Labute approximate surface area is 125 Å². The Balaban J connectivity index is 2.05. The van der Waals surface area contributed by atoms with Crippen LogP contribution in [0, 0.1) is 0 Å². The minimum atomic E-state index is -3.45. The van der Waals surface area contributed by atoms with Crippen molar-refractivity contribution in [3.63, 3.8) is 0 Å². The van der Waals surface area contributed by atoms with E-state index < -0.39 is 10.0 Å². The topological polar surface area (TPSA) is 78.5 Å². The van der Waals surface area contributed by atoms with Crippen molar-refractivity contribution < 1.29 is 13.2 Å². The SMILES string of the molecule is CCN(CC)S(=O)(=O)c1ccc(NC(=O)NC2CC2)cc1. The van der Waals surface area contributed by atoms with Gasteiger partial charge in [0.25, 0.3) is 0 Å². The van der Waals surface area contributed by atoms with Crippen molar-refractivity contribution in [2.45, 2.75) is 37.6 Å². The third kappa shape index (κ3) is 3.95. The van der Waals surface area contributed by atoms with Gasteiger partial charge in [-0.2, -0.15) is 4.31 Å². The molecule has 0 aliphatic heterocycles. The number of rotatable bonds is 6. The number of anilines is 1. The molecule has 2 rings (SSSR count). The number of nitrogens with zero attached hydrogens (tertiary/aromatic N) is 1. The van der Waals surface area contributed by atoms with E-state index in [2.05, 4.69) is 10.6 Å². The van der Waals surface area contributed by atoms with Crippen LogP contribution in [-0.2, 0) is 10.0 Å². The molecular formula is C14H21N3O3S. The van der Waals surface area contributed by atoms with E-state index in [0.29, 0.717) is 18.8 Å².